The molecule has 1 unspecified atom stereocenters. The standard InChI is InChI=1S/C19H29N5O2/c1-6-20-18(22-12-15-9-10-21-17(11-15)24(4)5)23-13-19(3,25)16-8-7-14(2)26-16/h7-11,25H,6,12-13H2,1-5H3,(H2,20,22,23). The molecule has 0 saturated heterocycles. The van der Waals surface area contributed by atoms with Gasteiger partial charge in [0.1, 0.15) is 22.9 Å². The van der Waals surface area contributed by atoms with Gasteiger partial charge in [-0.1, -0.05) is 0 Å². The predicted molar refractivity (Wildman–Crippen MR) is 104 cm³/mol. The molecular formula is C19H29N5O2. The average Bonchev–Trinajstić information content (AvgIpc) is 3.05. The van der Waals surface area contributed by atoms with Crippen LogP contribution in [0, 0.1) is 6.92 Å². The van der Waals surface area contributed by atoms with E-state index in [0.29, 0.717) is 18.3 Å². The number of aromatic nitrogens is 1. The van der Waals surface area contributed by atoms with E-state index in [1.807, 2.05) is 51.0 Å². The summed E-state index contributed by atoms with van der Waals surface area (Å²) in [5.74, 6) is 2.84. The maximum Gasteiger partial charge on any atom is 0.191 e. The molecule has 2 aromatic heterocycles. The van der Waals surface area contributed by atoms with E-state index in [4.69, 9.17) is 4.42 Å². The van der Waals surface area contributed by atoms with Crippen molar-refractivity contribution in [3.63, 3.8) is 0 Å². The molecule has 0 fully saturated rings. The van der Waals surface area contributed by atoms with E-state index in [9.17, 15) is 5.11 Å². The molecule has 3 N–H and O–H groups in total. The highest BCUT2D eigenvalue weighted by Gasteiger charge is 2.27. The SMILES string of the molecule is CCNC(=NCc1ccnc(N(C)C)c1)NCC(C)(O)c1ccc(C)o1. The quantitative estimate of drug-likeness (QED) is 0.518. The average molecular weight is 359 g/mol. The van der Waals surface area contributed by atoms with Crippen LogP contribution in [-0.2, 0) is 12.1 Å². The molecule has 1 atom stereocenters. The van der Waals surface area contributed by atoms with Gasteiger partial charge in [-0.15, -0.1) is 0 Å². The minimum absolute atomic E-state index is 0.283. The fraction of sp³-hybridized carbons (Fsp3) is 0.474. The minimum Gasteiger partial charge on any atom is -0.463 e. The van der Waals surface area contributed by atoms with E-state index < -0.39 is 5.60 Å². The molecular weight excluding hydrogens is 330 g/mol. The fourth-order valence-corrected chi connectivity index (χ4v) is 2.38. The van der Waals surface area contributed by atoms with Gasteiger partial charge in [0.2, 0.25) is 0 Å². The predicted octanol–water partition coefficient (Wildman–Crippen LogP) is 2.01. The van der Waals surface area contributed by atoms with Gasteiger partial charge in [-0.05, 0) is 50.6 Å². The van der Waals surface area contributed by atoms with Crippen molar-refractivity contribution >= 4 is 11.8 Å². The zero-order valence-electron chi connectivity index (χ0n) is 16.2. The number of hydrogen-bond donors (Lipinski definition) is 3. The molecule has 0 aromatic carbocycles. The first-order valence-electron chi connectivity index (χ1n) is 8.75. The number of nitrogens with one attached hydrogen (secondary N) is 2. The van der Waals surface area contributed by atoms with E-state index in [1.165, 1.54) is 0 Å². The van der Waals surface area contributed by atoms with Gasteiger partial charge < -0.3 is 25.1 Å². The lowest BCUT2D eigenvalue weighted by Crippen LogP contribution is -2.44. The molecule has 142 valence electrons. The van der Waals surface area contributed by atoms with Crippen LogP contribution in [0.1, 0.15) is 30.9 Å². The van der Waals surface area contributed by atoms with E-state index in [0.717, 1.165) is 23.7 Å². The summed E-state index contributed by atoms with van der Waals surface area (Å²) in [6.45, 7) is 7.10. The number of aliphatic hydroxyl groups is 1. The molecule has 7 heteroatoms. The topological polar surface area (TPSA) is 85.9 Å². The number of pyridine rings is 1. The van der Waals surface area contributed by atoms with Crippen LogP contribution in [0.25, 0.3) is 0 Å². The van der Waals surface area contributed by atoms with Gasteiger partial charge in [-0.3, -0.25) is 0 Å². The van der Waals surface area contributed by atoms with Crippen molar-refractivity contribution < 1.29 is 9.52 Å². The van der Waals surface area contributed by atoms with Crippen LogP contribution in [0.5, 0.6) is 0 Å². The first kappa shape index (κ1) is 19.8. The molecule has 0 radical (unpaired) electrons. The Hall–Kier alpha value is -2.54. The van der Waals surface area contributed by atoms with Crippen molar-refractivity contribution in [2.24, 2.45) is 4.99 Å². The first-order chi connectivity index (χ1) is 12.3. The van der Waals surface area contributed by atoms with Gasteiger partial charge in [0, 0.05) is 26.8 Å². The Morgan fingerprint density at radius 1 is 1.31 bits per heavy atom. The molecule has 7 nitrogen and oxygen atoms in total. The van der Waals surface area contributed by atoms with Crippen molar-refractivity contribution in [2.75, 3.05) is 32.1 Å². The second-order valence-electron chi connectivity index (χ2n) is 6.65. The second-order valence-corrected chi connectivity index (χ2v) is 6.65. The summed E-state index contributed by atoms with van der Waals surface area (Å²) in [6.07, 6.45) is 1.78. The van der Waals surface area contributed by atoms with Gasteiger partial charge in [0.05, 0.1) is 13.1 Å². The van der Waals surface area contributed by atoms with Crippen molar-refractivity contribution in [2.45, 2.75) is 32.9 Å². The van der Waals surface area contributed by atoms with Gasteiger partial charge in [-0.2, -0.15) is 0 Å². The summed E-state index contributed by atoms with van der Waals surface area (Å²) >= 11 is 0. The Bertz CT molecular complexity index is 737. The summed E-state index contributed by atoms with van der Waals surface area (Å²) in [5, 5.41) is 17.0. The summed E-state index contributed by atoms with van der Waals surface area (Å²) < 4.78 is 5.54. The molecule has 0 bridgehead atoms. The third kappa shape index (κ3) is 5.49. The zero-order chi connectivity index (χ0) is 19.2. The maximum atomic E-state index is 10.6. The lowest BCUT2D eigenvalue weighted by molar-refractivity contribution is 0.0378. The summed E-state index contributed by atoms with van der Waals surface area (Å²) in [5.41, 5.74) is -0.0616. The van der Waals surface area contributed by atoms with Crippen molar-refractivity contribution in [1.82, 2.24) is 15.6 Å². The molecule has 26 heavy (non-hydrogen) atoms. The highest BCUT2D eigenvalue weighted by Crippen LogP contribution is 2.21. The Balaban J connectivity index is 2.03. The number of guanidine groups is 1. The molecule has 2 aromatic rings. The van der Waals surface area contributed by atoms with Crippen LogP contribution >= 0.6 is 0 Å². The van der Waals surface area contributed by atoms with Crippen LogP contribution in [-0.4, -0.2) is 43.2 Å². The Kier molecular flexibility index (Phi) is 6.63. The van der Waals surface area contributed by atoms with Gasteiger partial charge in [0.15, 0.2) is 5.96 Å². The smallest absolute Gasteiger partial charge is 0.191 e. The molecule has 0 saturated carbocycles. The van der Waals surface area contributed by atoms with Crippen LogP contribution in [0.2, 0.25) is 0 Å². The number of aliphatic imine (C=N–C) groups is 1. The van der Waals surface area contributed by atoms with Crippen LogP contribution in [0.4, 0.5) is 5.82 Å². The van der Waals surface area contributed by atoms with Gasteiger partial charge in [-0.25, -0.2) is 9.98 Å². The van der Waals surface area contributed by atoms with E-state index in [-0.39, 0.29) is 6.54 Å². The van der Waals surface area contributed by atoms with E-state index in [2.05, 4.69) is 20.6 Å². The molecule has 0 aliphatic heterocycles. The molecule has 0 aliphatic rings. The third-order valence-electron chi connectivity index (χ3n) is 3.90. The maximum absolute atomic E-state index is 10.6. The van der Waals surface area contributed by atoms with Crippen LogP contribution in [0.15, 0.2) is 39.9 Å². The molecule has 0 spiro atoms. The number of furan rings is 1. The summed E-state index contributed by atoms with van der Waals surface area (Å²) in [6, 6.07) is 7.59. The Morgan fingerprint density at radius 2 is 2.08 bits per heavy atom. The summed E-state index contributed by atoms with van der Waals surface area (Å²) in [4.78, 5) is 10.9. The van der Waals surface area contributed by atoms with Crippen molar-refractivity contribution in [1.29, 1.82) is 0 Å². The second kappa shape index (κ2) is 8.71. The lowest BCUT2D eigenvalue weighted by atomic mass is 10.0. The largest absolute Gasteiger partial charge is 0.463 e. The molecule has 2 rings (SSSR count). The van der Waals surface area contributed by atoms with E-state index in [1.54, 1.807) is 19.2 Å². The number of nitrogens with zero attached hydrogens (tertiary/aromatic N) is 3. The number of rotatable bonds is 7. The van der Waals surface area contributed by atoms with E-state index >= 15 is 0 Å². The van der Waals surface area contributed by atoms with Crippen molar-refractivity contribution in [3.8, 4) is 0 Å². The fourth-order valence-electron chi connectivity index (χ4n) is 2.38. The zero-order valence-corrected chi connectivity index (χ0v) is 16.2. The van der Waals surface area contributed by atoms with Crippen LogP contribution < -0.4 is 15.5 Å². The molecule has 0 amide bonds. The minimum atomic E-state index is -1.13. The Morgan fingerprint density at radius 3 is 2.69 bits per heavy atom. The van der Waals surface area contributed by atoms with Gasteiger partial charge >= 0.3 is 0 Å². The third-order valence-corrected chi connectivity index (χ3v) is 3.90. The van der Waals surface area contributed by atoms with Gasteiger partial charge in [0.25, 0.3) is 0 Å². The highest BCUT2D eigenvalue weighted by molar-refractivity contribution is 5.79. The van der Waals surface area contributed by atoms with Crippen LogP contribution in [0.3, 0.4) is 0 Å². The molecule has 2 heterocycles. The monoisotopic (exact) mass is 359 g/mol. The van der Waals surface area contributed by atoms with Crippen molar-refractivity contribution in [3.05, 3.63) is 47.5 Å². The Labute approximate surface area is 155 Å². The number of aryl methyl sites for hydroxylation is 1. The first-order valence-corrected chi connectivity index (χ1v) is 8.75. The number of anilines is 1. The lowest BCUT2D eigenvalue weighted by Gasteiger charge is -2.23. The highest BCUT2D eigenvalue weighted by atomic mass is 16.4. The normalized spacial score (nSPS) is 14.0. The molecule has 0 aliphatic carbocycles. The number of hydrogen-bond acceptors (Lipinski definition) is 5. The summed E-state index contributed by atoms with van der Waals surface area (Å²) in [7, 11) is 3.92.